The van der Waals surface area contributed by atoms with E-state index in [1.807, 2.05) is 42.6 Å². The van der Waals surface area contributed by atoms with Crippen LogP contribution in [0, 0.1) is 0 Å². The maximum Gasteiger partial charge on any atom is 0.223 e. The molecule has 2 aromatic carbocycles. The van der Waals surface area contributed by atoms with Crippen LogP contribution in [0.5, 0.6) is 0 Å². The van der Waals surface area contributed by atoms with E-state index in [1.165, 1.54) is 11.9 Å². The molecule has 3 aromatic heterocycles. The molecule has 0 aliphatic heterocycles. The molecule has 0 fully saturated rings. The Bertz CT molecular complexity index is 1230. The van der Waals surface area contributed by atoms with Crippen molar-refractivity contribution in [3.63, 3.8) is 0 Å². The number of nitrogens with one attached hydrogen (secondary N) is 2. The molecule has 0 unspecified atom stereocenters. The first-order valence-corrected chi connectivity index (χ1v) is 8.56. The van der Waals surface area contributed by atoms with E-state index in [2.05, 4.69) is 47.6 Å². The molecule has 27 heavy (non-hydrogen) atoms. The standard InChI is InChI=1S/C20H15N7/c1-2-4-13(5-3-1)9-21-20-22-10-15-8-14(6-7-17(15)26-20)18-16-11-25-27-19(16)24-12-23-18/h1-8,10-12H,9H2,(H,21,22,26)(H,23,24,25,27). The van der Waals surface area contributed by atoms with Crippen LogP contribution >= 0.6 is 0 Å². The number of rotatable bonds is 4. The van der Waals surface area contributed by atoms with Crippen molar-refractivity contribution >= 4 is 27.9 Å². The van der Waals surface area contributed by atoms with E-state index in [9.17, 15) is 0 Å². The number of aromatic nitrogens is 6. The van der Waals surface area contributed by atoms with Crippen LogP contribution in [0.1, 0.15) is 5.56 Å². The molecule has 0 aliphatic rings. The lowest BCUT2D eigenvalue weighted by Crippen LogP contribution is -2.03. The quantitative estimate of drug-likeness (QED) is 0.513. The average molecular weight is 353 g/mol. The van der Waals surface area contributed by atoms with Gasteiger partial charge in [0, 0.05) is 23.7 Å². The minimum absolute atomic E-state index is 0.610. The second kappa shape index (κ2) is 6.45. The van der Waals surface area contributed by atoms with Gasteiger partial charge in [-0.2, -0.15) is 5.10 Å². The van der Waals surface area contributed by atoms with E-state index in [4.69, 9.17) is 0 Å². The lowest BCUT2D eigenvalue weighted by molar-refractivity contribution is 1.07. The number of nitrogens with zero attached hydrogens (tertiary/aromatic N) is 5. The number of aromatic amines is 1. The first kappa shape index (κ1) is 15.4. The molecule has 0 bridgehead atoms. The predicted molar refractivity (Wildman–Crippen MR) is 104 cm³/mol. The third-order valence-corrected chi connectivity index (χ3v) is 4.39. The molecule has 0 spiro atoms. The van der Waals surface area contributed by atoms with Crippen LogP contribution in [-0.4, -0.2) is 30.1 Å². The van der Waals surface area contributed by atoms with Crippen LogP contribution in [0.25, 0.3) is 33.2 Å². The number of benzene rings is 2. The van der Waals surface area contributed by atoms with Gasteiger partial charge in [0.25, 0.3) is 0 Å². The molecule has 0 saturated heterocycles. The van der Waals surface area contributed by atoms with Crippen molar-refractivity contribution in [2.45, 2.75) is 6.54 Å². The molecule has 2 N–H and O–H groups in total. The van der Waals surface area contributed by atoms with Crippen molar-refractivity contribution in [1.82, 2.24) is 30.1 Å². The van der Waals surface area contributed by atoms with Crippen molar-refractivity contribution in [2.24, 2.45) is 0 Å². The third kappa shape index (κ3) is 2.95. The maximum atomic E-state index is 4.60. The minimum atomic E-state index is 0.610. The minimum Gasteiger partial charge on any atom is -0.350 e. The Kier molecular flexibility index (Phi) is 3.68. The Labute approximate surface area is 154 Å². The Morgan fingerprint density at radius 3 is 2.78 bits per heavy atom. The molecule has 0 saturated carbocycles. The van der Waals surface area contributed by atoms with Gasteiger partial charge in [-0.25, -0.2) is 19.9 Å². The number of hydrogen-bond acceptors (Lipinski definition) is 6. The topological polar surface area (TPSA) is 92.3 Å². The SMILES string of the molecule is c1ccc(CNc2ncc3cc(-c4ncnc5[nH]ncc45)ccc3n2)cc1. The predicted octanol–water partition coefficient (Wildman–Crippen LogP) is 3.58. The van der Waals surface area contributed by atoms with Crippen LogP contribution in [0.15, 0.2) is 67.3 Å². The lowest BCUT2D eigenvalue weighted by atomic mass is 10.1. The zero-order valence-electron chi connectivity index (χ0n) is 14.3. The Morgan fingerprint density at radius 1 is 0.926 bits per heavy atom. The summed E-state index contributed by atoms with van der Waals surface area (Å²) in [5, 5.41) is 12.0. The first-order chi connectivity index (χ1) is 13.4. The van der Waals surface area contributed by atoms with E-state index in [1.54, 1.807) is 6.20 Å². The zero-order valence-corrected chi connectivity index (χ0v) is 14.3. The van der Waals surface area contributed by atoms with Gasteiger partial charge in [-0.1, -0.05) is 36.4 Å². The van der Waals surface area contributed by atoms with Gasteiger partial charge in [0.1, 0.15) is 6.33 Å². The van der Waals surface area contributed by atoms with Crippen LogP contribution < -0.4 is 5.32 Å². The number of H-pyrrole nitrogens is 1. The van der Waals surface area contributed by atoms with E-state index >= 15 is 0 Å². The highest BCUT2D eigenvalue weighted by Crippen LogP contribution is 2.26. The van der Waals surface area contributed by atoms with Crippen LogP contribution in [0.2, 0.25) is 0 Å². The van der Waals surface area contributed by atoms with Crippen LogP contribution in [0.4, 0.5) is 5.95 Å². The Balaban J connectivity index is 1.46. The number of hydrogen-bond donors (Lipinski definition) is 2. The molecule has 7 nitrogen and oxygen atoms in total. The van der Waals surface area contributed by atoms with Crippen molar-refractivity contribution in [3.8, 4) is 11.3 Å². The molecule has 7 heteroatoms. The molecular formula is C20H15N7. The summed E-state index contributed by atoms with van der Waals surface area (Å²) >= 11 is 0. The summed E-state index contributed by atoms with van der Waals surface area (Å²) in [6.07, 6.45) is 5.10. The fourth-order valence-corrected chi connectivity index (χ4v) is 3.04. The van der Waals surface area contributed by atoms with Crippen LogP contribution in [0.3, 0.4) is 0 Å². The average Bonchev–Trinajstić information content (AvgIpc) is 3.21. The molecule has 130 valence electrons. The summed E-state index contributed by atoms with van der Waals surface area (Å²) in [4.78, 5) is 17.6. The second-order valence-corrected chi connectivity index (χ2v) is 6.16. The molecule has 5 rings (SSSR count). The van der Waals surface area contributed by atoms with Crippen molar-refractivity contribution in [3.05, 3.63) is 72.8 Å². The number of anilines is 1. The summed E-state index contributed by atoms with van der Waals surface area (Å²) in [5.74, 6) is 0.610. The summed E-state index contributed by atoms with van der Waals surface area (Å²) in [5.41, 5.74) is 4.59. The van der Waals surface area contributed by atoms with Crippen molar-refractivity contribution in [1.29, 1.82) is 0 Å². The molecular weight excluding hydrogens is 338 g/mol. The molecule has 0 radical (unpaired) electrons. The van der Waals surface area contributed by atoms with E-state index < -0.39 is 0 Å². The van der Waals surface area contributed by atoms with E-state index in [-0.39, 0.29) is 0 Å². The molecule has 3 heterocycles. The van der Waals surface area contributed by atoms with Gasteiger partial charge in [0.15, 0.2) is 5.65 Å². The molecule has 0 aliphatic carbocycles. The summed E-state index contributed by atoms with van der Waals surface area (Å²) in [6, 6.07) is 16.2. The molecule has 0 amide bonds. The van der Waals surface area contributed by atoms with Gasteiger partial charge in [-0.15, -0.1) is 0 Å². The second-order valence-electron chi connectivity index (χ2n) is 6.16. The highest BCUT2D eigenvalue weighted by molar-refractivity contribution is 5.93. The van der Waals surface area contributed by atoms with Crippen molar-refractivity contribution in [2.75, 3.05) is 5.32 Å². The molecule has 0 atom stereocenters. The maximum absolute atomic E-state index is 4.60. The van der Waals surface area contributed by atoms with Gasteiger partial charge in [0.05, 0.1) is 22.8 Å². The Hall–Kier alpha value is -3.87. The smallest absolute Gasteiger partial charge is 0.223 e. The Morgan fingerprint density at radius 2 is 1.85 bits per heavy atom. The summed E-state index contributed by atoms with van der Waals surface area (Å²) in [6.45, 7) is 0.684. The first-order valence-electron chi connectivity index (χ1n) is 8.56. The van der Waals surface area contributed by atoms with Gasteiger partial charge in [0.2, 0.25) is 5.95 Å². The summed E-state index contributed by atoms with van der Waals surface area (Å²) < 4.78 is 0. The zero-order chi connectivity index (χ0) is 18.1. The largest absolute Gasteiger partial charge is 0.350 e. The number of fused-ring (bicyclic) bond motifs is 2. The van der Waals surface area contributed by atoms with Gasteiger partial charge in [-0.3, -0.25) is 5.10 Å². The van der Waals surface area contributed by atoms with Crippen LogP contribution in [-0.2, 0) is 6.54 Å². The van der Waals surface area contributed by atoms with Gasteiger partial charge < -0.3 is 5.32 Å². The van der Waals surface area contributed by atoms with Gasteiger partial charge in [-0.05, 0) is 17.7 Å². The highest BCUT2D eigenvalue weighted by Gasteiger charge is 2.09. The third-order valence-electron chi connectivity index (χ3n) is 4.39. The van der Waals surface area contributed by atoms with E-state index in [0.717, 1.165) is 33.2 Å². The van der Waals surface area contributed by atoms with E-state index in [0.29, 0.717) is 12.5 Å². The fourth-order valence-electron chi connectivity index (χ4n) is 3.04. The lowest BCUT2D eigenvalue weighted by Gasteiger charge is -2.07. The monoisotopic (exact) mass is 353 g/mol. The van der Waals surface area contributed by atoms with Gasteiger partial charge >= 0.3 is 0 Å². The highest BCUT2D eigenvalue weighted by atomic mass is 15.1. The normalized spacial score (nSPS) is 11.1. The summed E-state index contributed by atoms with van der Waals surface area (Å²) in [7, 11) is 0. The van der Waals surface area contributed by atoms with Crippen molar-refractivity contribution < 1.29 is 0 Å². The molecule has 5 aromatic rings. The fraction of sp³-hybridized carbons (Fsp3) is 0.0500.